The maximum Gasteiger partial charge on any atom is 0.336 e. The summed E-state index contributed by atoms with van der Waals surface area (Å²) in [6.07, 6.45) is 0.871. The Morgan fingerprint density at radius 2 is 2.11 bits per heavy atom. The number of halogens is 1. The second kappa shape index (κ2) is 6.84. The Hall–Kier alpha value is -1.17. The smallest absolute Gasteiger partial charge is 0.336 e. The van der Waals surface area contributed by atoms with E-state index in [1.54, 1.807) is 0 Å². The third-order valence-electron chi connectivity index (χ3n) is 2.93. The maximum absolute atomic E-state index is 11.4. The van der Waals surface area contributed by atoms with Gasteiger partial charge in [-0.25, -0.2) is 4.79 Å². The largest absolute Gasteiger partial charge is 0.423 e. The number of hydrogen-bond acceptors (Lipinski definition) is 4. The highest BCUT2D eigenvalue weighted by Crippen LogP contribution is 2.18. The standard InChI is InChI=1S/C14H16BrNO3/c15-4-6-16-5-3-10-1-2-12-11(9-17)8-14(18)19-13(12)7-10/h1-2,7-8,16-17H,3-6,9H2. The lowest BCUT2D eigenvalue weighted by Gasteiger charge is -2.06. The van der Waals surface area contributed by atoms with Gasteiger partial charge in [0.05, 0.1) is 6.61 Å². The number of aliphatic hydroxyl groups excluding tert-OH is 1. The third kappa shape index (κ3) is 3.65. The van der Waals surface area contributed by atoms with Crippen molar-refractivity contribution in [3.63, 3.8) is 0 Å². The molecule has 0 fully saturated rings. The van der Waals surface area contributed by atoms with Gasteiger partial charge < -0.3 is 14.8 Å². The van der Waals surface area contributed by atoms with Crippen molar-refractivity contribution in [2.45, 2.75) is 13.0 Å². The fourth-order valence-corrected chi connectivity index (χ4v) is 2.27. The second-order valence-corrected chi connectivity index (χ2v) is 5.06. The molecule has 0 atom stereocenters. The Balaban J connectivity index is 2.23. The molecular weight excluding hydrogens is 310 g/mol. The van der Waals surface area contributed by atoms with Gasteiger partial charge in [-0.15, -0.1) is 0 Å². The van der Waals surface area contributed by atoms with Crippen LogP contribution in [0.2, 0.25) is 0 Å². The summed E-state index contributed by atoms with van der Waals surface area (Å²) in [6.45, 7) is 1.65. The Morgan fingerprint density at radius 1 is 1.26 bits per heavy atom. The third-order valence-corrected chi connectivity index (χ3v) is 3.32. The summed E-state index contributed by atoms with van der Waals surface area (Å²) in [6, 6.07) is 7.09. The molecule has 4 nitrogen and oxygen atoms in total. The zero-order valence-electron chi connectivity index (χ0n) is 10.5. The highest BCUT2D eigenvalue weighted by molar-refractivity contribution is 9.09. The number of fused-ring (bicyclic) bond motifs is 1. The van der Waals surface area contributed by atoms with Crippen molar-refractivity contribution in [3.8, 4) is 0 Å². The quantitative estimate of drug-likeness (QED) is 0.483. The van der Waals surface area contributed by atoms with Gasteiger partial charge in [0.25, 0.3) is 0 Å². The molecule has 0 aliphatic rings. The Bertz CT molecular complexity index is 609. The van der Waals surface area contributed by atoms with E-state index >= 15 is 0 Å². The van der Waals surface area contributed by atoms with Gasteiger partial charge in [0.15, 0.2) is 0 Å². The predicted octanol–water partition coefficient (Wildman–Crippen LogP) is 1.81. The SMILES string of the molecule is O=c1cc(CO)c2ccc(CCNCCBr)cc2o1. The molecule has 5 heteroatoms. The van der Waals surface area contributed by atoms with E-state index in [0.717, 1.165) is 35.8 Å². The van der Waals surface area contributed by atoms with Crippen molar-refractivity contribution < 1.29 is 9.52 Å². The van der Waals surface area contributed by atoms with E-state index in [1.807, 2.05) is 18.2 Å². The van der Waals surface area contributed by atoms with E-state index in [2.05, 4.69) is 21.2 Å². The number of alkyl halides is 1. The topological polar surface area (TPSA) is 62.5 Å². The molecule has 19 heavy (non-hydrogen) atoms. The summed E-state index contributed by atoms with van der Waals surface area (Å²) in [5.41, 5.74) is 1.82. The molecule has 2 aromatic rings. The van der Waals surface area contributed by atoms with Gasteiger partial charge in [-0.3, -0.25) is 0 Å². The summed E-state index contributed by atoms with van der Waals surface area (Å²) in [4.78, 5) is 11.4. The van der Waals surface area contributed by atoms with Crippen LogP contribution in [0.5, 0.6) is 0 Å². The van der Waals surface area contributed by atoms with Crippen LogP contribution in [0.15, 0.2) is 33.5 Å². The molecule has 0 aliphatic carbocycles. The van der Waals surface area contributed by atoms with E-state index < -0.39 is 5.63 Å². The van der Waals surface area contributed by atoms with Crippen LogP contribution in [0.3, 0.4) is 0 Å². The lowest BCUT2D eigenvalue weighted by Crippen LogP contribution is -2.19. The van der Waals surface area contributed by atoms with E-state index in [0.29, 0.717) is 11.1 Å². The zero-order valence-corrected chi connectivity index (χ0v) is 12.1. The zero-order chi connectivity index (χ0) is 13.7. The van der Waals surface area contributed by atoms with E-state index in [4.69, 9.17) is 4.42 Å². The molecule has 0 saturated carbocycles. The maximum atomic E-state index is 11.4. The van der Waals surface area contributed by atoms with Gasteiger partial charge in [0.1, 0.15) is 5.58 Å². The predicted molar refractivity (Wildman–Crippen MR) is 78.8 cm³/mol. The van der Waals surface area contributed by atoms with Gasteiger partial charge in [-0.2, -0.15) is 0 Å². The van der Waals surface area contributed by atoms with Crippen LogP contribution in [0.25, 0.3) is 11.0 Å². The van der Waals surface area contributed by atoms with Crippen LogP contribution in [0.1, 0.15) is 11.1 Å². The number of hydrogen-bond donors (Lipinski definition) is 2. The minimum absolute atomic E-state index is 0.158. The normalized spacial score (nSPS) is 11.1. The van der Waals surface area contributed by atoms with Crippen molar-refractivity contribution >= 4 is 26.9 Å². The van der Waals surface area contributed by atoms with Gasteiger partial charge >= 0.3 is 5.63 Å². The average molecular weight is 326 g/mol. The molecule has 0 unspecified atom stereocenters. The molecule has 1 heterocycles. The van der Waals surface area contributed by atoms with E-state index in [1.165, 1.54) is 6.07 Å². The van der Waals surface area contributed by atoms with Gasteiger partial charge in [0, 0.05) is 23.3 Å². The van der Waals surface area contributed by atoms with Crippen molar-refractivity contribution in [2.24, 2.45) is 0 Å². The minimum Gasteiger partial charge on any atom is -0.423 e. The van der Waals surface area contributed by atoms with Crippen LogP contribution < -0.4 is 10.9 Å². The molecule has 1 aromatic heterocycles. The highest BCUT2D eigenvalue weighted by Gasteiger charge is 2.05. The van der Waals surface area contributed by atoms with Gasteiger partial charge in [0.2, 0.25) is 0 Å². The second-order valence-electron chi connectivity index (χ2n) is 4.27. The number of aliphatic hydroxyl groups is 1. The van der Waals surface area contributed by atoms with Crippen LogP contribution in [-0.4, -0.2) is 23.5 Å². The van der Waals surface area contributed by atoms with Crippen molar-refractivity contribution in [3.05, 3.63) is 45.8 Å². The summed E-state index contributed by atoms with van der Waals surface area (Å²) in [7, 11) is 0. The van der Waals surface area contributed by atoms with Crippen molar-refractivity contribution in [1.82, 2.24) is 5.32 Å². The Kier molecular flexibility index (Phi) is 5.13. The molecule has 1 aromatic carbocycles. The molecule has 0 saturated heterocycles. The first kappa shape index (κ1) is 14.2. The molecule has 0 radical (unpaired) electrons. The number of benzene rings is 1. The molecule has 0 amide bonds. The van der Waals surface area contributed by atoms with Crippen LogP contribution in [-0.2, 0) is 13.0 Å². The number of rotatable bonds is 6. The highest BCUT2D eigenvalue weighted by atomic mass is 79.9. The summed E-state index contributed by atoms with van der Waals surface area (Å²) >= 11 is 3.36. The van der Waals surface area contributed by atoms with Crippen LogP contribution in [0.4, 0.5) is 0 Å². The first-order valence-electron chi connectivity index (χ1n) is 6.18. The van der Waals surface area contributed by atoms with Gasteiger partial charge in [-0.05, 0) is 30.2 Å². The van der Waals surface area contributed by atoms with Crippen LogP contribution >= 0.6 is 15.9 Å². The number of nitrogens with one attached hydrogen (secondary N) is 1. The van der Waals surface area contributed by atoms with Crippen molar-refractivity contribution in [2.75, 3.05) is 18.4 Å². The lowest BCUT2D eigenvalue weighted by atomic mass is 10.1. The lowest BCUT2D eigenvalue weighted by molar-refractivity contribution is 0.282. The molecule has 2 N–H and O–H groups in total. The molecule has 0 spiro atoms. The summed E-state index contributed by atoms with van der Waals surface area (Å²) in [5, 5.41) is 14.2. The minimum atomic E-state index is -0.425. The first-order valence-corrected chi connectivity index (χ1v) is 7.30. The molecule has 0 bridgehead atoms. The fourth-order valence-electron chi connectivity index (χ4n) is 1.99. The summed E-state index contributed by atoms with van der Waals surface area (Å²) in [5.74, 6) is 0. The fraction of sp³-hybridized carbons (Fsp3) is 0.357. The molecule has 0 aliphatic heterocycles. The molecular formula is C14H16BrNO3. The van der Waals surface area contributed by atoms with E-state index in [-0.39, 0.29) is 6.61 Å². The summed E-state index contributed by atoms with van der Waals surface area (Å²) < 4.78 is 5.18. The monoisotopic (exact) mass is 325 g/mol. The van der Waals surface area contributed by atoms with Crippen molar-refractivity contribution in [1.29, 1.82) is 0 Å². The molecule has 2 rings (SSSR count). The van der Waals surface area contributed by atoms with Crippen LogP contribution in [0, 0.1) is 0 Å². The molecule has 102 valence electrons. The first-order chi connectivity index (χ1) is 9.24. The Labute approximate surface area is 119 Å². The Morgan fingerprint density at radius 3 is 2.84 bits per heavy atom. The van der Waals surface area contributed by atoms with Gasteiger partial charge in [-0.1, -0.05) is 28.1 Å². The van der Waals surface area contributed by atoms with E-state index in [9.17, 15) is 9.90 Å². The average Bonchev–Trinajstić information content (AvgIpc) is 2.42.